The Labute approximate surface area is 246 Å². The zero-order chi connectivity index (χ0) is 31.4. The fourth-order valence-corrected chi connectivity index (χ4v) is 8.37. The Morgan fingerprint density at radius 3 is 2.24 bits per heavy atom. The summed E-state index contributed by atoms with van der Waals surface area (Å²) in [6.07, 6.45) is -1.49. The van der Waals surface area contributed by atoms with E-state index in [9.17, 15) is 46.5 Å². The lowest BCUT2D eigenvalue weighted by Crippen LogP contribution is -2.68. The maximum absolute atomic E-state index is 13.7. The van der Waals surface area contributed by atoms with Crippen LogP contribution in [0, 0.1) is 35.2 Å². The quantitative estimate of drug-likeness (QED) is 0.266. The first-order valence-corrected chi connectivity index (χ1v) is 15.2. The Balaban J connectivity index is 1.48. The molecule has 14 heteroatoms. The molecule has 0 saturated heterocycles. The largest absolute Gasteiger partial charge is 0.389 e. The predicted molar refractivity (Wildman–Crippen MR) is 147 cm³/mol. The molecule has 5 N–H and O–H groups in total. The van der Waals surface area contributed by atoms with E-state index in [1.165, 1.54) is 26.0 Å². The molecule has 230 valence electrons. The third kappa shape index (κ3) is 6.02. The molecular weight excluding hydrogens is 601 g/mol. The van der Waals surface area contributed by atoms with Crippen LogP contribution in [0.25, 0.3) is 0 Å². The summed E-state index contributed by atoms with van der Waals surface area (Å²) in [5, 5.41) is 34.7. The van der Waals surface area contributed by atoms with E-state index in [1.807, 2.05) is 6.92 Å². The van der Waals surface area contributed by atoms with Crippen LogP contribution in [-0.2, 0) is 14.6 Å². The molecule has 3 fully saturated rings. The number of sulfone groups is 1. The Morgan fingerprint density at radius 2 is 1.69 bits per heavy atom. The fourth-order valence-electron chi connectivity index (χ4n) is 6.02. The SMILES string of the molecule is CC(C)(O)C(O)CNC(=O)C[C@]1(O)C2CC(S(=O)(=O)c3cc(C(=O)Nc4cc(F)c(F)c(F)c4)ccc3Cl)CC1[C@@H]2C. The van der Waals surface area contributed by atoms with Gasteiger partial charge in [0, 0.05) is 29.9 Å². The number of rotatable bonds is 9. The summed E-state index contributed by atoms with van der Waals surface area (Å²) in [5.41, 5.74) is -3.46. The van der Waals surface area contributed by atoms with E-state index in [0.29, 0.717) is 12.1 Å². The van der Waals surface area contributed by atoms with Crippen molar-refractivity contribution < 1.29 is 46.5 Å². The van der Waals surface area contributed by atoms with Crippen molar-refractivity contribution >= 4 is 38.9 Å². The lowest BCUT2D eigenvalue weighted by molar-refractivity contribution is -0.219. The topological polar surface area (TPSA) is 153 Å². The van der Waals surface area contributed by atoms with Gasteiger partial charge in [0.2, 0.25) is 5.91 Å². The molecule has 5 rings (SSSR count). The highest BCUT2D eigenvalue weighted by Gasteiger charge is 2.64. The molecule has 0 heterocycles. The fraction of sp³-hybridized carbons (Fsp3) is 0.500. The third-order valence-corrected chi connectivity index (χ3v) is 11.2. The average Bonchev–Trinajstić information content (AvgIpc) is 2.90. The first-order valence-electron chi connectivity index (χ1n) is 13.2. The number of nitrogens with one attached hydrogen (secondary N) is 2. The van der Waals surface area contributed by atoms with Gasteiger partial charge in [-0.3, -0.25) is 9.59 Å². The average molecular weight is 633 g/mol. The maximum Gasteiger partial charge on any atom is 0.255 e. The first-order chi connectivity index (χ1) is 19.4. The van der Waals surface area contributed by atoms with Gasteiger partial charge in [0.05, 0.1) is 38.9 Å². The van der Waals surface area contributed by atoms with E-state index in [2.05, 4.69) is 10.6 Å². The minimum atomic E-state index is -4.14. The van der Waals surface area contributed by atoms with Crippen molar-refractivity contribution in [1.29, 1.82) is 0 Å². The van der Waals surface area contributed by atoms with Crippen molar-refractivity contribution in [2.75, 3.05) is 11.9 Å². The normalized spacial score (nSPS) is 26.2. The lowest BCUT2D eigenvalue weighted by atomic mass is 9.47. The van der Waals surface area contributed by atoms with E-state index in [4.69, 9.17) is 11.6 Å². The number of fused-ring (bicyclic) bond motifs is 2. The number of aliphatic hydroxyl groups is 3. The smallest absolute Gasteiger partial charge is 0.255 e. The molecule has 0 aliphatic heterocycles. The first kappa shape index (κ1) is 32.2. The highest BCUT2D eigenvalue weighted by atomic mass is 35.5. The van der Waals surface area contributed by atoms with Crippen molar-refractivity contribution in [3.63, 3.8) is 0 Å². The van der Waals surface area contributed by atoms with Gasteiger partial charge in [0.25, 0.3) is 5.91 Å². The highest BCUT2D eigenvalue weighted by Crippen LogP contribution is 2.60. The molecule has 3 aliphatic rings. The van der Waals surface area contributed by atoms with Crippen LogP contribution in [0.5, 0.6) is 0 Å². The van der Waals surface area contributed by atoms with Gasteiger partial charge in [-0.05, 0) is 62.6 Å². The van der Waals surface area contributed by atoms with Gasteiger partial charge in [-0.2, -0.15) is 0 Å². The zero-order valence-corrected chi connectivity index (χ0v) is 24.6. The molecule has 0 spiro atoms. The van der Waals surface area contributed by atoms with Crippen LogP contribution in [0.3, 0.4) is 0 Å². The zero-order valence-electron chi connectivity index (χ0n) is 23.0. The van der Waals surface area contributed by atoms with Gasteiger partial charge in [0.1, 0.15) is 0 Å². The van der Waals surface area contributed by atoms with Gasteiger partial charge in [-0.25, -0.2) is 21.6 Å². The van der Waals surface area contributed by atoms with Crippen LogP contribution in [0.15, 0.2) is 35.2 Å². The number of aliphatic hydroxyl groups excluding tert-OH is 1. The minimum Gasteiger partial charge on any atom is -0.389 e. The molecule has 0 aromatic heterocycles. The van der Waals surface area contributed by atoms with E-state index in [-0.39, 0.29) is 52.9 Å². The van der Waals surface area contributed by atoms with Crippen molar-refractivity contribution in [1.82, 2.24) is 5.32 Å². The predicted octanol–water partition coefficient (Wildman–Crippen LogP) is 3.20. The molecule has 3 unspecified atom stereocenters. The molecule has 42 heavy (non-hydrogen) atoms. The molecule has 3 atom stereocenters. The summed E-state index contributed by atoms with van der Waals surface area (Å²) in [4.78, 5) is 25.0. The van der Waals surface area contributed by atoms with Crippen molar-refractivity contribution in [3.8, 4) is 0 Å². The number of hydrogen-bond donors (Lipinski definition) is 5. The van der Waals surface area contributed by atoms with E-state index >= 15 is 0 Å². The maximum atomic E-state index is 13.7. The number of benzene rings is 2. The number of carbonyl (C=O) groups is 2. The Morgan fingerprint density at radius 1 is 1.12 bits per heavy atom. The molecule has 2 amide bonds. The van der Waals surface area contributed by atoms with Crippen LogP contribution < -0.4 is 10.6 Å². The summed E-state index contributed by atoms with van der Waals surface area (Å²) in [7, 11) is -4.14. The van der Waals surface area contributed by atoms with Crippen molar-refractivity contribution in [2.24, 2.45) is 17.8 Å². The van der Waals surface area contributed by atoms with E-state index in [0.717, 1.165) is 6.07 Å². The summed E-state index contributed by atoms with van der Waals surface area (Å²) in [6.45, 7) is 4.41. The van der Waals surface area contributed by atoms with E-state index in [1.54, 1.807) is 0 Å². The molecule has 2 aromatic carbocycles. The second-order valence-electron chi connectivity index (χ2n) is 11.7. The lowest BCUT2D eigenvalue weighted by Gasteiger charge is -2.62. The number of anilines is 1. The molecular formula is C28H32ClF3N2O7S. The number of hydrogen-bond acceptors (Lipinski definition) is 7. The van der Waals surface area contributed by atoms with Gasteiger partial charge in [0.15, 0.2) is 27.3 Å². The summed E-state index contributed by atoms with van der Waals surface area (Å²) >= 11 is 6.22. The molecule has 2 bridgehead atoms. The molecule has 9 nitrogen and oxygen atoms in total. The monoisotopic (exact) mass is 632 g/mol. The van der Waals surface area contributed by atoms with Crippen molar-refractivity contribution in [3.05, 3.63) is 58.4 Å². The highest BCUT2D eigenvalue weighted by molar-refractivity contribution is 7.92. The minimum absolute atomic E-state index is 0.0248. The summed E-state index contributed by atoms with van der Waals surface area (Å²) < 4.78 is 67.7. The number of carbonyl (C=O) groups excluding carboxylic acids is 2. The van der Waals surface area contributed by atoms with Crippen LogP contribution >= 0.6 is 11.6 Å². The van der Waals surface area contributed by atoms with E-state index < -0.39 is 73.5 Å². The van der Waals surface area contributed by atoms with Crippen LogP contribution in [-0.4, -0.2) is 64.7 Å². The summed E-state index contributed by atoms with van der Waals surface area (Å²) in [6, 6.07) is 4.62. The van der Waals surface area contributed by atoms with Crippen LogP contribution in [0.4, 0.5) is 18.9 Å². The Bertz CT molecular complexity index is 1480. The Hall–Kier alpha value is -2.71. The second kappa shape index (κ2) is 11.4. The summed E-state index contributed by atoms with van der Waals surface area (Å²) in [5.74, 6) is -7.33. The molecule has 3 aliphatic carbocycles. The van der Waals surface area contributed by atoms with Crippen LogP contribution in [0.2, 0.25) is 5.02 Å². The van der Waals surface area contributed by atoms with Gasteiger partial charge < -0.3 is 26.0 Å². The second-order valence-corrected chi connectivity index (χ2v) is 14.3. The van der Waals surface area contributed by atoms with Gasteiger partial charge >= 0.3 is 0 Å². The molecule has 3 saturated carbocycles. The molecule has 2 aromatic rings. The van der Waals surface area contributed by atoms with Crippen molar-refractivity contribution in [2.45, 2.75) is 67.5 Å². The standard InChI is InChI=1S/C28H32ClF3N2O7S/c1-13-17-9-16(10-18(13)28(17,39)11-24(36)33-12-23(35)27(2,3)38)42(40,41)22-6-14(4-5-19(22)29)26(37)34-15-7-20(30)25(32)21(31)8-15/h4-8,13,16-18,23,35,38-39H,9-12H2,1-3H3,(H,33,36)(H,34,37)/t13-,16?,17?,18?,23?,28+. The van der Waals surface area contributed by atoms with Gasteiger partial charge in [-0.1, -0.05) is 18.5 Å². The molecule has 0 radical (unpaired) electrons. The number of halogens is 4. The number of amides is 2. The third-order valence-electron chi connectivity index (χ3n) is 8.52. The van der Waals surface area contributed by atoms with Crippen LogP contribution in [0.1, 0.15) is 50.4 Å². The Kier molecular flexibility index (Phi) is 8.76. The van der Waals surface area contributed by atoms with Gasteiger partial charge in [-0.15, -0.1) is 0 Å².